The van der Waals surface area contributed by atoms with E-state index < -0.39 is 11.2 Å². The largest absolute Gasteiger partial charge is 0.246 e. The van der Waals surface area contributed by atoms with Crippen LogP contribution in [0.2, 0.25) is 5.31 Å². The molecule has 0 spiro atoms. The highest BCUT2D eigenvalue weighted by molar-refractivity contribution is 6.15. The third-order valence-corrected chi connectivity index (χ3v) is 1.85. The predicted octanol–water partition coefficient (Wildman–Crippen LogP) is 2.89. The quantitative estimate of drug-likeness (QED) is 0.567. The average Bonchev–Trinajstić information content (AvgIpc) is 1.52. The Morgan fingerprint density at radius 2 is 1.33 bits per heavy atom. The summed E-state index contributed by atoms with van der Waals surface area (Å²) in [4.78, 5) is 0. The topological polar surface area (TPSA) is 0 Å². The molecule has 0 N–H and O–H groups in total. The summed E-state index contributed by atoms with van der Waals surface area (Å²) in [5.41, 5.74) is -0.309. The molecule has 0 bridgehead atoms. The van der Waals surface area contributed by atoms with Crippen molar-refractivity contribution in [2.75, 3.05) is 0 Å². The normalized spacial score (nSPS) is 14.9. The molecule has 0 aliphatic rings. The van der Waals surface area contributed by atoms with Gasteiger partial charge in [-0.25, -0.2) is 8.78 Å². The van der Waals surface area contributed by atoms with Crippen LogP contribution in [0.1, 0.15) is 41.0 Å². The van der Waals surface area contributed by atoms with Crippen molar-refractivity contribution in [1.29, 1.82) is 0 Å². The Morgan fingerprint density at radius 3 is 1.42 bits per heavy atom. The van der Waals surface area contributed by atoms with Crippen molar-refractivity contribution in [1.82, 2.24) is 0 Å². The zero-order valence-corrected chi connectivity index (χ0v) is 8.96. The first kappa shape index (κ1) is 11.9. The van der Waals surface area contributed by atoms with Crippen LogP contribution in [0.5, 0.6) is 0 Å². The summed E-state index contributed by atoms with van der Waals surface area (Å²) in [6.07, 6.45) is -0.0521. The molecule has 0 nitrogen and oxygen atoms in total. The van der Waals surface area contributed by atoms with Gasteiger partial charge in [-0.3, -0.25) is 0 Å². The molecule has 0 atom stereocenters. The molecule has 0 amide bonds. The number of alkyl halides is 2. The van der Waals surface area contributed by atoms with E-state index >= 15 is 0 Å². The van der Waals surface area contributed by atoms with Gasteiger partial charge in [0.25, 0.3) is 0 Å². The summed E-state index contributed by atoms with van der Waals surface area (Å²) < 4.78 is 26.9. The van der Waals surface area contributed by atoms with E-state index in [0.29, 0.717) is 0 Å². The fourth-order valence-corrected chi connectivity index (χ4v) is 0.931. The van der Waals surface area contributed by atoms with E-state index in [1.807, 2.05) is 20.8 Å². The van der Waals surface area contributed by atoms with Crippen molar-refractivity contribution < 1.29 is 8.78 Å². The number of rotatable bonds is 2. The molecule has 0 aliphatic heterocycles. The number of hydrogen-bond acceptors (Lipinski definition) is 0. The molecule has 0 aromatic heterocycles. The summed E-state index contributed by atoms with van der Waals surface area (Å²) in [5, 5.41) is -0.930. The van der Waals surface area contributed by atoms with Crippen molar-refractivity contribution in [3.8, 4) is 0 Å². The fraction of sp³-hybridized carbons (Fsp3) is 1.00. The molecule has 0 aromatic rings. The summed E-state index contributed by atoms with van der Waals surface area (Å²) in [7, 11) is 1.58. The maximum absolute atomic E-state index is 13.4. The van der Waals surface area contributed by atoms with E-state index in [1.54, 1.807) is 21.7 Å². The second kappa shape index (κ2) is 3.00. The van der Waals surface area contributed by atoms with E-state index in [-0.39, 0.29) is 11.8 Å². The Bertz CT molecular complexity index is 151. The minimum Gasteiger partial charge on any atom is -0.207 e. The highest BCUT2D eigenvalue weighted by Gasteiger charge is 2.44. The second-order valence-corrected chi connectivity index (χ2v) is 5.69. The number of hydrogen-bond donors (Lipinski definition) is 0. The van der Waals surface area contributed by atoms with E-state index in [9.17, 15) is 8.78 Å². The molecule has 0 radical (unpaired) electrons. The molecule has 0 unspecified atom stereocenters. The van der Waals surface area contributed by atoms with E-state index in [1.165, 1.54) is 0 Å². The predicted molar refractivity (Wildman–Crippen MR) is 51.6 cm³/mol. The maximum Gasteiger partial charge on any atom is 0.246 e. The van der Waals surface area contributed by atoms with Gasteiger partial charge in [0.2, 0.25) is 5.92 Å². The molecule has 0 fully saturated rings. The lowest BCUT2D eigenvalue weighted by Crippen LogP contribution is -2.35. The van der Waals surface area contributed by atoms with Crippen LogP contribution in [0.4, 0.5) is 8.78 Å². The van der Waals surface area contributed by atoms with Crippen LogP contribution in [0.15, 0.2) is 0 Å². The Labute approximate surface area is 75.1 Å². The van der Waals surface area contributed by atoms with Gasteiger partial charge in [0.1, 0.15) is 7.85 Å². The minimum absolute atomic E-state index is 0.0521. The molecule has 72 valence electrons. The smallest absolute Gasteiger partial charge is 0.207 e. The summed E-state index contributed by atoms with van der Waals surface area (Å²) in [6.45, 7) is 8.68. The summed E-state index contributed by atoms with van der Waals surface area (Å²) in [6, 6.07) is 0. The van der Waals surface area contributed by atoms with Crippen molar-refractivity contribution in [3.63, 3.8) is 0 Å². The molecule has 0 aromatic carbocycles. The highest BCUT2D eigenvalue weighted by atomic mass is 19.3. The molecular formula is C9H19BF2. The molecule has 12 heavy (non-hydrogen) atoms. The van der Waals surface area contributed by atoms with Gasteiger partial charge in [0.15, 0.2) is 0 Å². The van der Waals surface area contributed by atoms with Crippen LogP contribution < -0.4 is 0 Å². The Balaban J connectivity index is 4.44. The van der Waals surface area contributed by atoms with Crippen molar-refractivity contribution in [3.05, 3.63) is 0 Å². The lowest BCUT2D eigenvalue weighted by Gasteiger charge is -2.35. The third kappa shape index (κ3) is 3.55. The molecule has 0 heterocycles. The van der Waals surface area contributed by atoms with Gasteiger partial charge in [0, 0.05) is 6.42 Å². The van der Waals surface area contributed by atoms with Gasteiger partial charge in [-0.05, 0) is 10.7 Å². The first-order valence-electron chi connectivity index (χ1n) is 4.34. The average molecular weight is 176 g/mol. The van der Waals surface area contributed by atoms with Gasteiger partial charge in [-0.15, -0.1) is 0 Å². The molecule has 0 aliphatic carbocycles. The summed E-state index contributed by atoms with van der Waals surface area (Å²) in [5.74, 6) is -2.58. The van der Waals surface area contributed by atoms with Crippen LogP contribution in [0, 0.1) is 5.41 Å². The van der Waals surface area contributed by atoms with Crippen LogP contribution in [-0.4, -0.2) is 13.8 Å². The fourth-order valence-electron chi connectivity index (χ4n) is 0.931. The lowest BCUT2D eigenvalue weighted by atomic mass is 9.64. The van der Waals surface area contributed by atoms with Crippen molar-refractivity contribution in [2.45, 2.75) is 52.3 Å². The highest BCUT2D eigenvalue weighted by Crippen LogP contribution is 2.46. The first-order valence-corrected chi connectivity index (χ1v) is 4.34. The van der Waals surface area contributed by atoms with Crippen LogP contribution in [0.3, 0.4) is 0 Å². The van der Waals surface area contributed by atoms with Crippen molar-refractivity contribution >= 4 is 7.85 Å². The van der Waals surface area contributed by atoms with Crippen LogP contribution >= 0.6 is 0 Å². The van der Waals surface area contributed by atoms with E-state index in [4.69, 9.17) is 0 Å². The Morgan fingerprint density at radius 1 is 1.00 bits per heavy atom. The maximum atomic E-state index is 13.4. The standard InChI is InChI=1S/C9H19BF2/c1-7(2,3)6-9(11,12)8(4,5)10/h6,10H2,1-5H3. The second-order valence-electron chi connectivity index (χ2n) is 5.69. The van der Waals surface area contributed by atoms with Gasteiger partial charge < -0.3 is 0 Å². The van der Waals surface area contributed by atoms with Crippen LogP contribution in [0.25, 0.3) is 0 Å². The monoisotopic (exact) mass is 176 g/mol. The Kier molecular flexibility index (Phi) is 2.99. The van der Waals surface area contributed by atoms with E-state index in [2.05, 4.69) is 0 Å². The SMILES string of the molecule is BC(C)(C)C(F)(F)CC(C)(C)C. The number of halogens is 2. The van der Waals surface area contributed by atoms with Gasteiger partial charge in [0.05, 0.1) is 0 Å². The van der Waals surface area contributed by atoms with Gasteiger partial charge in [-0.1, -0.05) is 34.6 Å². The van der Waals surface area contributed by atoms with E-state index in [0.717, 1.165) is 0 Å². The molecule has 0 rings (SSSR count). The summed E-state index contributed by atoms with van der Waals surface area (Å²) >= 11 is 0. The van der Waals surface area contributed by atoms with Crippen molar-refractivity contribution in [2.24, 2.45) is 5.41 Å². The third-order valence-electron chi connectivity index (χ3n) is 1.85. The molecule has 3 heteroatoms. The molecular weight excluding hydrogens is 157 g/mol. The van der Waals surface area contributed by atoms with Gasteiger partial charge >= 0.3 is 0 Å². The minimum atomic E-state index is -2.58. The molecule has 0 saturated carbocycles. The Hall–Kier alpha value is -0.0751. The lowest BCUT2D eigenvalue weighted by molar-refractivity contribution is -0.0672. The molecule has 0 saturated heterocycles. The first-order chi connectivity index (χ1) is 4.96. The van der Waals surface area contributed by atoms with Crippen LogP contribution in [-0.2, 0) is 0 Å². The zero-order chi connectivity index (χ0) is 10.2. The zero-order valence-electron chi connectivity index (χ0n) is 8.96. The van der Waals surface area contributed by atoms with Gasteiger partial charge in [-0.2, -0.15) is 0 Å².